The number of hydrogen-bond donors (Lipinski definition) is 1. The first-order valence-electron chi connectivity index (χ1n) is 5.54. The van der Waals surface area contributed by atoms with E-state index in [-0.39, 0.29) is 5.91 Å². The Morgan fingerprint density at radius 1 is 1.29 bits per heavy atom. The highest BCUT2D eigenvalue weighted by molar-refractivity contribution is 5.76. The lowest BCUT2D eigenvalue weighted by Crippen LogP contribution is -2.34. The average Bonchev–Trinajstić information content (AvgIpc) is 2.15. The third-order valence-corrected chi connectivity index (χ3v) is 2.80. The standard InChI is InChI=1S/C11H24N2O/c1-5-13(6-2)11(14)7-10(8-12)9(3)4/h9-10H,5-8,12H2,1-4H3. The van der Waals surface area contributed by atoms with Crippen molar-refractivity contribution < 1.29 is 4.79 Å². The van der Waals surface area contributed by atoms with E-state index in [1.807, 2.05) is 18.7 Å². The number of rotatable bonds is 6. The second-order valence-electron chi connectivity index (χ2n) is 4.01. The molecule has 1 amide bonds. The molecule has 0 fully saturated rings. The van der Waals surface area contributed by atoms with Crippen LogP contribution in [0.5, 0.6) is 0 Å². The van der Waals surface area contributed by atoms with E-state index in [0.717, 1.165) is 13.1 Å². The van der Waals surface area contributed by atoms with Crippen molar-refractivity contribution in [1.82, 2.24) is 4.90 Å². The second-order valence-corrected chi connectivity index (χ2v) is 4.01. The van der Waals surface area contributed by atoms with Crippen molar-refractivity contribution in [2.24, 2.45) is 17.6 Å². The molecular weight excluding hydrogens is 176 g/mol. The van der Waals surface area contributed by atoms with Crippen LogP contribution in [0.25, 0.3) is 0 Å². The van der Waals surface area contributed by atoms with Gasteiger partial charge >= 0.3 is 0 Å². The highest BCUT2D eigenvalue weighted by atomic mass is 16.2. The Morgan fingerprint density at radius 3 is 2.07 bits per heavy atom. The molecule has 84 valence electrons. The summed E-state index contributed by atoms with van der Waals surface area (Å²) in [6, 6.07) is 0. The Hall–Kier alpha value is -0.570. The van der Waals surface area contributed by atoms with Gasteiger partial charge in [-0.3, -0.25) is 4.79 Å². The van der Waals surface area contributed by atoms with Gasteiger partial charge in [-0.15, -0.1) is 0 Å². The van der Waals surface area contributed by atoms with Crippen LogP contribution in [0.15, 0.2) is 0 Å². The Labute approximate surface area is 87.6 Å². The van der Waals surface area contributed by atoms with Crippen molar-refractivity contribution in [3.05, 3.63) is 0 Å². The molecule has 0 radical (unpaired) electrons. The molecule has 0 spiro atoms. The maximum atomic E-state index is 11.7. The molecule has 3 heteroatoms. The lowest BCUT2D eigenvalue weighted by Gasteiger charge is -2.23. The summed E-state index contributed by atoms with van der Waals surface area (Å²) in [4.78, 5) is 13.6. The van der Waals surface area contributed by atoms with E-state index < -0.39 is 0 Å². The predicted molar refractivity (Wildman–Crippen MR) is 59.9 cm³/mol. The topological polar surface area (TPSA) is 46.3 Å². The van der Waals surface area contributed by atoms with Gasteiger partial charge in [-0.1, -0.05) is 13.8 Å². The normalized spacial score (nSPS) is 13.0. The highest BCUT2D eigenvalue weighted by Gasteiger charge is 2.18. The van der Waals surface area contributed by atoms with Crippen LogP contribution in [0.4, 0.5) is 0 Å². The smallest absolute Gasteiger partial charge is 0.222 e. The summed E-state index contributed by atoms with van der Waals surface area (Å²) in [5, 5.41) is 0. The van der Waals surface area contributed by atoms with Crippen molar-refractivity contribution in [2.75, 3.05) is 19.6 Å². The predicted octanol–water partition coefficient (Wildman–Crippen LogP) is 1.48. The van der Waals surface area contributed by atoms with Gasteiger partial charge in [-0.2, -0.15) is 0 Å². The fourth-order valence-corrected chi connectivity index (χ4v) is 1.52. The van der Waals surface area contributed by atoms with Crippen molar-refractivity contribution in [3.8, 4) is 0 Å². The van der Waals surface area contributed by atoms with Gasteiger partial charge in [-0.25, -0.2) is 0 Å². The van der Waals surface area contributed by atoms with E-state index in [1.165, 1.54) is 0 Å². The first-order chi connectivity index (χ1) is 6.56. The molecule has 0 heterocycles. The number of nitrogens with zero attached hydrogens (tertiary/aromatic N) is 1. The summed E-state index contributed by atoms with van der Waals surface area (Å²) >= 11 is 0. The molecule has 0 aromatic carbocycles. The molecule has 1 unspecified atom stereocenters. The first-order valence-corrected chi connectivity index (χ1v) is 5.54. The molecule has 1 atom stereocenters. The number of nitrogens with two attached hydrogens (primary N) is 1. The number of carbonyl (C=O) groups excluding carboxylic acids is 1. The number of amides is 1. The van der Waals surface area contributed by atoms with Gasteiger partial charge in [0.05, 0.1) is 0 Å². The minimum atomic E-state index is 0.235. The molecule has 0 bridgehead atoms. The zero-order chi connectivity index (χ0) is 11.1. The van der Waals surface area contributed by atoms with E-state index in [1.54, 1.807) is 0 Å². The first kappa shape index (κ1) is 13.4. The van der Waals surface area contributed by atoms with Gasteiger partial charge < -0.3 is 10.6 Å². The number of carbonyl (C=O) groups is 1. The van der Waals surface area contributed by atoms with E-state index >= 15 is 0 Å². The Morgan fingerprint density at radius 2 is 1.79 bits per heavy atom. The van der Waals surface area contributed by atoms with Crippen molar-refractivity contribution in [2.45, 2.75) is 34.1 Å². The Bertz CT molecular complexity index is 165. The fourth-order valence-electron chi connectivity index (χ4n) is 1.52. The minimum Gasteiger partial charge on any atom is -0.343 e. The number of hydrogen-bond acceptors (Lipinski definition) is 2. The molecule has 0 saturated heterocycles. The van der Waals surface area contributed by atoms with Crippen LogP contribution in [-0.2, 0) is 4.79 Å². The zero-order valence-electron chi connectivity index (χ0n) is 9.92. The fraction of sp³-hybridized carbons (Fsp3) is 0.909. The Balaban J connectivity index is 4.13. The van der Waals surface area contributed by atoms with Crippen LogP contribution < -0.4 is 5.73 Å². The van der Waals surface area contributed by atoms with Gasteiger partial charge in [0.25, 0.3) is 0 Å². The van der Waals surface area contributed by atoms with E-state index in [2.05, 4.69) is 13.8 Å². The summed E-state index contributed by atoms with van der Waals surface area (Å²) in [6.07, 6.45) is 0.593. The SMILES string of the molecule is CCN(CC)C(=O)CC(CN)C(C)C. The van der Waals surface area contributed by atoms with Crippen LogP contribution in [0, 0.1) is 11.8 Å². The lowest BCUT2D eigenvalue weighted by molar-refractivity contribution is -0.132. The van der Waals surface area contributed by atoms with Gasteiger partial charge in [0, 0.05) is 19.5 Å². The maximum absolute atomic E-state index is 11.7. The summed E-state index contributed by atoms with van der Waals surface area (Å²) in [5.74, 6) is 1.04. The molecule has 0 aromatic rings. The van der Waals surface area contributed by atoms with Crippen molar-refractivity contribution >= 4 is 5.91 Å². The van der Waals surface area contributed by atoms with Gasteiger partial charge in [0.1, 0.15) is 0 Å². The minimum absolute atomic E-state index is 0.235. The van der Waals surface area contributed by atoms with E-state index in [4.69, 9.17) is 5.73 Å². The summed E-state index contributed by atoms with van der Waals surface area (Å²) in [6.45, 7) is 10.4. The quantitative estimate of drug-likeness (QED) is 0.706. The van der Waals surface area contributed by atoms with Crippen molar-refractivity contribution in [1.29, 1.82) is 0 Å². The summed E-state index contributed by atoms with van der Waals surface area (Å²) < 4.78 is 0. The van der Waals surface area contributed by atoms with Gasteiger partial charge in [0.2, 0.25) is 5.91 Å². The summed E-state index contributed by atoms with van der Waals surface area (Å²) in [5.41, 5.74) is 5.63. The van der Waals surface area contributed by atoms with Gasteiger partial charge in [-0.05, 0) is 32.2 Å². The van der Waals surface area contributed by atoms with Gasteiger partial charge in [0.15, 0.2) is 0 Å². The maximum Gasteiger partial charge on any atom is 0.222 e. The Kier molecular flexibility index (Phi) is 6.54. The molecule has 14 heavy (non-hydrogen) atoms. The zero-order valence-corrected chi connectivity index (χ0v) is 9.92. The summed E-state index contributed by atoms with van der Waals surface area (Å²) in [7, 11) is 0. The molecule has 0 aliphatic rings. The third kappa shape index (κ3) is 4.09. The molecule has 0 saturated carbocycles. The van der Waals surface area contributed by atoms with E-state index in [9.17, 15) is 4.79 Å². The molecule has 3 nitrogen and oxygen atoms in total. The monoisotopic (exact) mass is 200 g/mol. The van der Waals surface area contributed by atoms with E-state index in [0.29, 0.717) is 24.8 Å². The molecule has 0 aliphatic carbocycles. The van der Waals surface area contributed by atoms with Crippen molar-refractivity contribution in [3.63, 3.8) is 0 Å². The largest absolute Gasteiger partial charge is 0.343 e. The van der Waals surface area contributed by atoms with Crippen LogP contribution in [0.2, 0.25) is 0 Å². The molecule has 0 rings (SSSR count). The molecular formula is C11H24N2O. The second kappa shape index (κ2) is 6.82. The third-order valence-electron chi connectivity index (χ3n) is 2.80. The highest BCUT2D eigenvalue weighted by Crippen LogP contribution is 2.14. The molecule has 0 aromatic heterocycles. The molecule has 2 N–H and O–H groups in total. The lowest BCUT2D eigenvalue weighted by atomic mass is 9.92. The molecule has 0 aliphatic heterocycles. The van der Waals surface area contributed by atoms with Crippen LogP contribution in [-0.4, -0.2) is 30.4 Å². The van der Waals surface area contributed by atoms with Crippen LogP contribution in [0.1, 0.15) is 34.1 Å². The van der Waals surface area contributed by atoms with Crippen LogP contribution in [0.3, 0.4) is 0 Å². The van der Waals surface area contributed by atoms with Crippen LogP contribution >= 0.6 is 0 Å². The average molecular weight is 200 g/mol.